The van der Waals surface area contributed by atoms with E-state index in [1.54, 1.807) is 12.1 Å². The van der Waals surface area contributed by atoms with Crippen LogP contribution in [0.5, 0.6) is 5.75 Å². The molecule has 4 heteroatoms. The van der Waals surface area contributed by atoms with Gasteiger partial charge in [-0.2, -0.15) is 0 Å². The van der Waals surface area contributed by atoms with Gasteiger partial charge in [0.1, 0.15) is 5.75 Å². The summed E-state index contributed by atoms with van der Waals surface area (Å²) in [5.74, 6) is -2.46. The Balaban J connectivity index is 1.87. The average Bonchev–Trinajstić information content (AvgIpc) is 2.71. The lowest BCUT2D eigenvalue weighted by Gasteiger charge is -2.05. The second-order valence-electron chi connectivity index (χ2n) is 3.43. The molecule has 0 bridgehead atoms. The van der Waals surface area contributed by atoms with Crippen molar-refractivity contribution < 1.29 is 13.5 Å². The maximum absolute atomic E-state index is 12.5. The molecule has 1 aliphatic carbocycles. The van der Waals surface area contributed by atoms with Gasteiger partial charge in [0, 0.05) is 10.9 Å². The van der Waals surface area contributed by atoms with Crippen LogP contribution in [-0.2, 0) is 0 Å². The molecule has 14 heavy (non-hydrogen) atoms. The van der Waals surface area contributed by atoms with Crippen LogP contribution in [0.15, 0.2) is 28.7 Å². The number of hydrogen-bond donors (Lipinski definition) is 0. The fraction of sp³-hybridized carbons (Fsp3) is 0.400. The maximum atomic E-state index is 12.5. The van der Waals surface area contributed by atoms with Crippen molar-refractivity contribution in [3.8, 4) is 5.75 Å². The Morgan fingerprint density at radius 1 is 1.50 bits per heavy atom. The molecule has 0 saturated heterocycles. The van der Waals surface area contributed by atoms with Crippen LogP contribution in [0.3, 0.4) is 0 Å². The lowest BCUT2D eigenvalue weighted by atomic mass is 10.3. The van der Waals surface area contributed by atoms with E-state index in [2.05, 4.69) is 15.9 Å². The summed E-state index contributed by atoms with van der Waals surface area (Å²) in [6.07, 6.45) is -0.0407. The molecule has 1 aromatic rings. The molecule has 0 heterocycles. The molecular formula is C10H9BrF2O. The Bertz CT molecular complexity index is 341. The Morgan fingerprint density at radius 2 is 2.21 bits per heavy atom. The third-order valence-electron chi connectivity index (χ3n) is 2.20. The molecule has 2 rings (SSSR count). The van der Waals surface area contributed by atoms with Gasteiger partial charge in [-0.05, 0) is 18.2 Å². The van der Waals surface area contributed by atoms with E-state index in [-0.39, 0.29) is 13.0 Å². The smallest absolute Gasteiger partial charge is 0.255 e. The molecule has 1 nitrogen and oxygen atoms in total. The first-order chi connectivity index (χ1) is 6.58. The van der Waals surface area contributed by atoms with Crippen LogP contribution in [0.2, 0.25) is 0 Å². The van der Waals surface area contributed by atoms with Crippen molar-refractivity contribution in [1.29, 1.82) is 0 Å². The van der Waals surface area contributed by atoms with E-state index in [9.17, 15) is 8.78 Å². The predicted octanol–water partition coefficient (Wildman–Crippen LogP) is 3.48. The zero-order chi connectivity index (χ0) is 10.2. The van der Waals surface area contributed by atoms with E-state index in [1.165, 1.54) is 0 Å². The molecule has 0 aliphatic heterocycles. The highest BCUT2D eigenvalue weighted by Gasteiger charge is 2.57. The quantitative estimate of drug-likeness (QED) is 0.811. The van der Waals surface area contributed by atoms with Crippen LogP contribution in [-0.4, -0.2) is 12.5 Å². The third-order valence-corrected chi connectivity index (χ3v) is 2.70. The van der Waals surface area contributed by atoms with Crippen molar-refractivity contribution >= 4 is 15.9 Å². The summed E-state index contributed by atoms with van der Waals surface area (Å²) >= 11 is 3.28. The maximum Gasteiger partial charge on any atom is 0.255 e. The zero-order valence-corrected chi connectivity index (χ0v) is 8.93. The van der Waals surface area contributed by atoms with Gasteiger partial charge in [-0.3, -0.25) is 0 Å². The first-order valence-electron chi connectivity index (χ1n) is 4.34. The molecule has 0 radical (unpaired) electrons. The van der Waals surface area contributed by atoms with E-state index < -0.39 is 11.8 Å². The minimum absolute atomic E-state index is 0.0407. The fourth-order valence-electron chi connectivity index (χ4n) is 1.20. The molecule has 1 saturated carbocycles. The SMILES string of the molecule is FC1(F)CC1COc1cccc(Br)c1. The Hall–Kier alpha value is -0.640. The number of halogens is 3. The molecule has 1 atom stereocenters. The Kier molecular flexibility index (Phi) is 2.47. The van der Waals surface area contributed by atoms with Gasteiger partial charge in [0.25, 0.3) is 5.92 Å². The second kappa shape index (κ2) is 3.50. The Labute approximate surface area is 89.2 Å². The van der Waals surface area contributed by atoms with Crippen LogP contribution in [0.4, 0.5) is 8.78 Å². The van der Waals surface area contributed by atoms with Gasteiger partial charge in [0.2, 0.25) is 0 Å². The van der Waals surface area contributed by atoms with Gasteiger partial charge in [-0.1, -0.05) is 22.0 Å². The number of rotatable bonds is 3. The van der Waals surface area contributed by atoms with Crippen LogP contribution >= 0.6 is 15.9 Å². The van der Waals surface area contributed by atoms with Crippen molar-refractivity contribution in [2.75, 3.05) is 6.61 Å². The molecule has 1 fully saturated rings. The molecule has 1 aromatic carbocycles. The lowest BCUT2D eigenvalue weighted by Crippen LogP contribution is -2.05. The van der Waals surface area contributed by atoms with E-state index >= 15 is 0 Å². The van der Waals surface area contributed by atoms with Crippen LogP contribution in [0.25, 0.3) is 0 Å². The minimum atomic E-state index is -2.49. The van der Waals surface area contributed by atoms with Crippen molar-refractivity contribution in [3.05, 3.63) is 28.7 Å². The lowest BCUT2D eigenvalue weighted by molar-refractivity contribution is 0.0856. The second-order valence-corrected chi connectivity index (χ2v) is 4.35. The van der Waals surface area contributed by atoms with Crippen LogP contribution in [0, 0.1) is 5.92 Å². The van der Waals surface area contributed by atoms with Gasteiger partial charge in [0.05, 0.1) is 12.5 Å². The normalized spacial score (nSPS) is 23.2. The summed E-state index contributed by atoms with van der Waals surface area (Å²) < 4.78 is 31.1. The van der Waals surface area contributed by atoms with Crippen LogP contribution < -0.4 is 4.74 Å². The molecule has 0 spiro atoms. The first-order valence-corrected chi connectivity index (χ1v) is 5.13. The van der Waals surface area contributed by atoms with Gasteiger partial charge < -0.3 is 4.74 Å². The molecule has 0 aromatic heterocycles. The van der Waals surface area contributed by atoms with Gasteiger partial charge in [-0.25, -0.2) is 8.78 Å². The summed E-state index contributed by atoms with van der Waals surface area (Å²) in [6.45, 7) is 0.101. The molecule has 1 unspecified atom stereocenters. The van der Waals surface area contributed by atoms with Gasteiger partial charge in [0.15, 0.2) is 0 Å². The van der Waals surface area contributed by atoms with Crippen molar-refractivity contribution in [2.24, 2.45) is 5.92 Å². The standard InChI is InChI=1S/C10H9BrF2O/c11-8-2-1-3-9(4-8)14-6-7-5-10(7,12)13/h1-4,7H,5-6H2. The monoisotopic (exact) mass is 262 g/mol. The van der Waals surface area contributed by atoms with Crippen molar-refractivity contribution in [2.45, 2.75) is 12.3 Å². The molecule has 1 aliphatic rings. The largest absolute Gasteiger partial charge is 0.493 e. The van der Waals surface area contributed by atoms with E-state index in [4.69, 9.17) is 4.74 Å². The van der Waals surface area contributed by atoms with Gasteiger partial charge in [-0.15, -0.1) is 0 Å². The summed E-state index contributed by atoms with van der Waals surface area (Å²) in [6, 6.07) is 7.19. The summed E-state index contributed by atoms with van der Waals surface area (Å²) in [5.41, 5.74) is 0. The molecule has 0 amide bonds. The summed E-state index contributed by atoms with van der Waals surface area (Å²) in [7, 11) is 0. The predicted molar refractivity (Wildman–Crippen MR) is 52.7 cm³/mol. The topological polar surface area (TPSA) is 9.23 Å². The number of hydrogen-bond acceptors (Lipinski definition) is 1. The highest BCUT2D eigenvalue weighted by molar-refractivity contribution is 9.10. The van der Waals surface area contributed by atoms with E-state index in [0.717, 1.165) is 4.47 Å². The zero-order valence-electron chi connectivity index (χ0n) is 7.34. The minimum Gasteiger partial charge on any atom is -0.493 e. The van der Waals surface area contributed by atoms with Crippen LogP contribution in [0.1, 0.15) is 6.42 Å². The van der Waals surface area contributed by atoms with Crippen molar-refractivity contribution in [1.82, 2.24) is 0 Å². The van der Waals surface area contributed by atoms with Crippen molar-refractivity contribution in [3.63, 3.8) is 0 Å². The molecule has 0 N–H and O–H groups in total. The fourth-order valence-corrected chi connectivity index (χ4v) is 1.58. The average molecular weight is 263 g/mol. The molecule has 76 valence electrons. The highest BCUT2D eigenvalue weighted by atomic mass is 79.9. The third kappa shape index (κ3) is 2.23. The van der Waals surface area contributed by atoms with E-state index in [0.29, 0.717) is 5.75 Å². The number of benzene rings is 1. The Morgan fingerprint density at radius 3 is 2.79 bits per heavy atom. The number of alkyl halides is 2. The molecular weight excluding hydrogens is 254 g/mol. The van der Waals surface area contributed by atoms with E-state index in [1.807, 2.05) is 12.1 Å². The summed E-state index contributed by atoms with van der Waals surface area (Å²) in [5, 5.41) is 0. The first kappa shape index (κ1) is 9.90. The number of ether oxygens (including phenoxy) is 1. The summed E-state index contributed by atoms with van der Waals surface area (Å²) in [4.78, 5) is 0. The highest BCUT2D eigenvalue weighted by Crippen LogP contribution is 2.48. The van der Waals surface area contributed by atoms with Gasteiger partial charge >= 0.3 is 0 Å².